The molecule has 1 unspecified atom stereocenters. The Morgan fingerprint density at radius 1 is 1.05 bits per heavy atom. The number of benzene rings is 2. The Bertz CT molecular complexity index is 1360. The van der Waals surface area contributed by atoms with Gasteiger partial charge in [-0.3, -0.25) is 9.69 Å². The number of carboxylic acid groups (broad SMARTS) is 1. The summed E-state index contributed by atoms with van der Waals surface area (Å²) in [4.78, 5) is 14.9. The summed E-state index contributed by atoms with van der Waals surface area (Å²) in [5.74, 6) is -1.65. The lowest BCUT2D eigenvalue weighted by molar-refractivity contribution is -0.143. The number of methoxy groups -OCH3 is 2. The van der Waals surface area contributed by atoms with Gasteiger partial charge in [-0.2, -0.15) is 0 Å². The summed E-state index contributed by atoms with van der Waals surface area (Å²) in [6.45, 7) is 5.12. The summed E-state index contributed by atoms with van der Waals surface area (Å²) in [6, 6.07) is 7.26. The number of unbranched alkanes of at least 4 members (excludes halogenated alkanes) is 2. The van der Waals surface area contributed by atoms with Gasteiger partial charge in [0.25, 0.3) is 0 Å². The number of fused-ring (bicyclic) bond motifs is 1. The second-order valence-corrected chi connectivity index (χ2v) is 12.8. The Labute approximate surface area is 247 Å². The van der Waals surface area contributed by atoms with Gasteiger partial charge in [-0.1, -0.05) is 32.8 Å². The van der Waals surface area contributed by atoms with Crippen molar-refractivity contribution in [2.75, 3.05) is 52.9 Å². The van der Waals surface area contributed by atoms with Crippen LogP contribution in [0.3, 0.4) is 0 Å². The molecule has 0 radical (unpaired) electrons. The highest BCUT2D eigenvalue weighted by molar-refractivity contribution is 7.89. The van der Waals surface area contributed by atoms with Crippen molar-refractivity contribution in [3.05, 3.63) is 47.3 Å². The zero-order valence-corrected chi connectivity index (χ0v) is 25.5. The first-order valence-electron chi connectivity index (χ1n) is 14.4. The Morgan fingerprint density at radius 3 is 2.45 bits per heavy atom. The fraction of sp³-hybridized carbons (Fsp3) is 0.567. The largest absolute Gasteiger partial charge is 0.494 e. The van der Waals surface area contributed by atoms with E-state index in [1.54, 1.807) is 18.2 Å². The van der Waals surface area contributed by atoms with Gasteiger partial charge in [0.2, 0.25) is 22.6 Å². The van der Waals surface area contributed by atoms with Crippen LogP contribution in [0.1, 0.15) is 62.6 Å². The minimum absolute atomic E-state index is 0.0298. The van der Waals surface area contributed by atoms with Crippen molar-refractivity contribution < 1.29 is 41.7 Å². The molecule has 1 N–H and O–H groups in total. The third-order valence-electron chi connectivity index (χ3n) is 8.02. The van der Waals surface area contributed by atoms with Crippen LogP contribution >= 0.6 is 0 Å². The van der Waals surface area contributed by atoms with Crippen molar-refractivity contribution >= 4 is 16.0 Å². The third kappa shape index (κ3) is 6.76. The maximum atomic E-state index is 14.9. The molecule has 10 nitrogen and oxygen atoms in total. The van der Waals surface area contributed by atoms with Gasteiger partial charge >= 0.3 is 5.97 Å². The molecule has 1 saturated heterocycles. The van der Waals surface area contributed by atoms with Gasteiger partial charge in [0.1, 0.15) is 0 Å². The molecule has 0 saturated carbocycles. The lowest BCUT2D eigenvalue weighted by atomic mass is 9.82. The second kappa shape index (κ2) is 13.9. The lowest BCUT2D eigenvalue weighted by Crippen LogP contribution is -2.40. The van der Waals surface area contributed by atoms with Gasteiger partial charge in [0, 0.05) is 38.1 Å². The van der Waals surface area contributed by atoms with Crippen molar-refractivity contribution in [1.29, 1.82) is 0 Å². The van der Waals surface area contributed by atoms with Crippen molar-refractivity contribution in [2.24, 2.45) is 5.92 Å². The summed E-state index contributed by atoms with van der Waals surface area (Å²) in [6.07, 6.45) is 2.99. The normalized spacial score (nSPS) is 20.3. The van der Waals surface area contributed by atoms with Crippen LogP contribution in [0.5, 0.6) is 23.0 Å². The second-order valence-electron chi connectivity index (χ2n) is 10.7. The molecule has 2 aliphatic rings. The molecular formula is C30H41FN2O8S. The van der Waals surface area contributed by atoms with Gasteiger partial charge in [-0.05, 0) is 48.2 Å². The number of nitrogens with zero attached hydrogens (tertiary/aromatic N) is 2. The summed E-state index contributed by atoms with van der Waals surface area (Å²) < 4.78 is 64.6. The van der Waals surface area contributed by atoms with Crippen molar-refractivity contribution in [3.8, 4) is 23.0 Å². The zero-order valence-electron chi connectivity index (χ0n) is 24.7. The standard InChI is InChI=1S/C30H41FN2O8S/c1-5-7-8-14-42(36,37)33(11-6-2)13-12-32-18-22(21-16-25(39-4)29-26(17-21)40-19-41-29)27(30(34)35)28(32)20-9-10-24(38-3)23(31)15-20/h9-10,15-17,22,27-28H,5-8,11-14,18-19H2,1-4H3,(H,34,35)/t22?,27-,28+/m0/s1. The first-order chi connectivity index (χ1) is 20.1. The molecular weight excluding hydrogens is 567 g/mol. The van der Waals surface area contributed by atoms with E-state index in [1.807, 2.05) is 18.7 Å². The number of hydrogen-bond donors (Lipinski definition) is 1. The minimum Gasteiger partial charge on any atom is -0.494 e. The van der Waals surface area contributed by atoms with E-state index in [0.29, 0.717) is 54.3 Å². The maximum absolute atomic E-state index is 14.9. The summed E-state index contributed by atoms with van der Waals surface area (Å²) >= 11 is 0. The predicted molar refractivity (Wildman–Crippen MR) is 155 cm³/mol. The Hall–Kier alpha value is -3.09. The van der Waals surface area contributed by atoms with Crippen LogP contribution in [0.4, 0.5) is 4.39 Å². The van der Waals surface area contributed by atoms with Crippen LogP contribution in [0.15, 0.2) is 30.3 Å². The molecule has 0 spiro atoms. The molecule has 232 valence electrons. The third-order valence-corrected chi connectivity index (χ3v) is 9.98. The fourth-order valence-electron chi connectivity index (χ4n) is 5.97. The molecule has 2 aliphatic heterocycles. The van der Waals surface area contributed by atoms with E-state index in [1.165, 1.54) is 30.7 Å². The van der Waals surface area contributed by atoms with Gasteiger partial charge in [0.05, 0.1) is 25.9 Å². The molecule has 1 fully saturated rings. The molecule has 2 heterocycles. The Kier molecular flexibility index (Phi) is 10.6. The zero-order chi connectivity index (χ0) is 30.4. The van der Waals surface area contributed by atoms with Crippen molar-refractivity contribution in [2.45, 2.75) is 51.5 Å². The van der Waals surface area contributed by atoms with Crippen LogP contribution in [-0.4, -0.2) is 81.6 Å². The summed E-state index contributed by atoms with van der Waals surface area (Å²) in [7, 11) is -0.621. The quantitative estimate of drug-likeness (QED) is 0.289. The highest BCUT2D eigenvalue weighted by atomic mass is 32.2. The molecule has 0 amide bonds. The Balaban J connectivity index is 1.71. The summed E-state index contributed by atoms with van der Waals surface area (Å²) in [5.41, 5.74) is 1.16. The van der Waals surface area contributed by atoms with E-state index in [0.717, 1.165) is 12.8 Å². The topological polar surface area (TPSA) is 115 Å². The van der Waals surface area contributed by atoms with E-state index < -0.39 is 39.7 Å². The number of rotatable bonds is 15. The minimum atomic E-state index is -3.49. The average Bonchev–Trinajstić information content (AvgIpc) is 3.59. The average molecular weight is 609 g/mol. The molecule has 42 heavy (non-hydrogen) atoms. The highest BCUT2D eigenvalue weighted by Crippen LogP contribution is 2.50. The van der Waals surface area contributed by atoms with E-state index in [2.05, 4.69) is 0 Å². The van der Waals surface area contributed by atoms with Crippen LogP contribution < -0.4 is 18.9 Å². The smallest absolute Gasteiger partial charge is 0.309 e. The lowest BCUT2D eigenvalue weighted by Gasteiger charge is -2.30. The predicted octanol–water partition coefficient (Wildman–Crippen LogP) is 4.64. The van der Waals surface area contributed by atoms with Gasteiger partial charge < -0.3 is 24.1 Å². The van der Waals surface area contributed by atoms with E-state index in [-0.39, 0.29) is 31.4 Å². The van der Waals surface area contributed by atoms with Crippen LogP contribution in [-0.2, 0) is 14.8 Å². The molecule has 2 aromatic carbocycles. The Morgan fingerprint density at radius 2 is 1.81 bits per heavy atom. The van der Waals surface area contributed by atoms with E-state index in [4.69, 9.17) is 18.9 Å². The van der Waals surface area contributed by atoms with Crippen molar-refractivity contribution in [1.82, 2.24) is 9.21 Å². The number of carboxylic acids is 1. The highest BCUT2D eigenvalue weighted by Gasteiger charge is 2.48. The first-order valence-corrected chi connectivity index (χ1v) is 16.0. The molecule has 3 atom stereocenters. The van der Waals surface area contributed by atoms with Gasteiger partial charge in [0.15, 0.2) is 23.1 Å². The number of aliphatic carboxylic acids is 1. The number of carbonyl (C=O) groups is 1. The SMILES string of the molecule is CCCCCS(=O)(=O)N(CCC)CCN1CC(c2cc(OC)c3c(c2)OCO3)[C@H](C(=O)O)[C@H]1c1ccc(OC)c(F)c1. The van der Waals surface area contributed by atoms with Crippen LogP contribution in [0, 0.1) is 11.7 Å². The van der Waals surface area contributed by atoms with Gasteiger partial charge in [-0.15, -0.1) is 0 Å². The molecule has 12 heteroatoms. The van der Waals surface area contributed by atoms with E-state index >= 15 is 0 Å². The summed E-state index contributed by atoms with van der Waals surface area (Å²) in [5, 5.41) is 10.6. The molecule has 4 rings (SSSR count). The maximum Gasteiger partial charge on any atom is 0.309 e. The fourth-order valence-corrected chi connectivity index (χ4v) is 7.62. The molecule has 0 bridgehead atoms. The van der Waals surface area contributed by atoms with Crippen molar-refractivity contribution in [3.63, 3.8) is 0 Å². The molecule has 0 aromatic heterocycles. The first kappa shape index (κ1) is 31.8. The number of likely N-dealkylation sites (tertiary alicyclic amines) is 1. The molecule has 2 aromatic rings. The monoisotopic (exact) mass is 608 g/mol. The number of ether oxygens (including phenoxy) is 4. The number of sulfonamides is 1. The van der Waals surface area contributed by atoms with Crippen LogP contribution in [0.2, 0.25) is 0 Å². The van der Waals surface area contributed by atoms with E-state index in [9.17, 15) is 22.7 Å². The van der Waals surface area contributed by atoms with Gasteiger partial charge in [-0.25, -0.2) is 17.1 Å². The number of hydrogen-bond acceptors (Lipinski definition) is 8. The number of halogens is 1. The van der Waals surface area contributed by atoms with Crippen LogP contribution in [0.25, 0.3) is 0 Å². The molecule has 0 aliphatic carbocycles.